The van der Waals surface area contributed by atoms with Crippen molar-refractivity contribution in [3.8, 4) is 0 Å². The number of nitrogens with zero attached hydrogens (tertiary/aromatic N) is 1. The van der Waals surface area contributed by atoms with E-state index in [0.29, 0.717) is 32.1 Å². The Labute approximate surface area is 94.8 Å². The van der Waals surface area contributed by atoms with Gasteiger partial charge in [0.2, 0.25) is 0 Å². The summed E-state index contributed by atoms with van der Waals surface area (Å²) in [5.74, 6) is 0. The molecule has 1 aromatic rings. The smallest absolute Gasteiger partial charge is 0.250 e. The number of anilines is 1. The van der Waals surface area contributed by atoms with Crippen molar-refractivity contribution in [2.45, 2.75) is 13.5 Å². The van der Waals surface area contributed by atoms with Gasteiger partial charge >= 0.3 is 0 Å². The van der Waals surface area contributed by atoms with Crippen molar-refractivity contribution >= 4 is 5.69 Å². The maximum Gasteiger partial charge on any atom is 0.250 e. The molecule has 0 spiro atoms. The van der Waals surface area contributed by atoms with Gasteiger partial charge in [-0.1, -0.05) is 0 Å². The molecule has 0 atom stereocenters. The summed E-state index contributed by atoms with van der Waals surface area (Å²) in [7, 11) is 1.62. The van der Waals surface area contributed by atoms with Gasteiger partial charge in [-0.3, -0.25) is 4.79 Å². The van der Waals surface area contributed by atoms with E-state index in [4.69, 9.17) is 15.2 Å². The van der Waals surface area contributed by atoms with Crippen LogP contribution in [0.1, 0.15) is 5.56 Å². The van der Waals surface area contributed by atoms with Crippen LogP contribution in [0.2, 0.25) is 0 Å². The molecular weight excluding hydrogens is 208 g/mol. The van der Waals surface area contributed by atoms with Gasteiger partial charge in [0.15, 0.2) is 0 Å². The summed E-state index contributed by atoms with van der Waals surface area (Å²) < 4.78 is 11.7. The van der Waals surface area contributed by atoms with Gasteiger partial charge < -0.3 is 19.8 Å². The molecule has 0 saturated heterocycles. The van der Waals surface area contributed by atoms with E-state index in [0.717, 1.165) is 5.56 Å². The third-order valence-electron chi connectivity index (χ3n) is 2.28. The highest BCUT2D eigenvalue weighted by Crippen LogP contribution is 2.04. The molecule has 0 aliphatic carbocycles. The largest absolute Gasteiger partial charge is 0.397 e. The fourth-order valence-corrected chi connectivity index (χ4v) is 1.27. The zero-order chi connectivity index (χ0) is 12.0. The number of pyridine rings is 1. The molecule has 0 radical (unpaired) electrons. The predicted octanol–water partition coefficient (Wildman–Crippen LogP) is 0.402. The number of ether oxygens (including phenoxy) is 2. The minimum Gasteiger partial charge on any atom is -0.397 e. The molecule has 0 bridgehead atoms. The Balaban J connectivity index is 2.48. The van der Waals surface area contributed by atoms with E-state index in [2.05, 4.69) is 0 Å². The lowest BCUT2D eigenvalue weighted by atomic mass is 10.2. The van der Waals surface area contributed by atoms with Gasteiger partial charge in [0.25, 0.3) is 5.56 Å². The number of aromatic nitrogens is 1. The van der Waals surface area contributed by atoms with Crippen LogP contribution in [0.3, 0.4) is 0 Å². The highest BCUT2D eigenvalue weighted by atomic mass is 16.5. The van der Waals surface area contributed by atoms with Gasteiger partial charge in [-0.15, -0.1) is 0 Å². The molecule has 1 heterocycles. The monoisotopic (exact) mass is 226 g/mol. The summed E-state index contributed by atoms with van der Waals surface area (Å²) in [6, 6.07) is 1.53. The fourth-order valence-electron chi connectivity index (χ4n) is 1.27. The molecule has 1 aromatic heterocycles. The van der Waals surface area contributed by atoms with Crippen LogP contribution in [0, 0.1) is 6.92 Å². The number of rotatable bonds is 6. The van der Waals surface area contributed by atoms with Crippen molar-refractivity contribution in [2.24, 2.45) is 0 Å². The van der Waals surface area contributed by atoms with E-state index in [9.17, 15) is 4.79 Å². The Morgan fingerprint density at radius 3 is 2.81 bits per heavy atom. The summed E-state index contributed by atoms with van der Waals surface area (Å²) in [5, 5.41) is 0. The Kier molecular flexibility index (Phi) is 5.01. The van der Waals surface area contributed by atoms with Gasteiger partial charge in [0.1, 0.15) is 0 Å². The minimum absolute atomic E-state index is 0.0537. The van der Waals surface area contributed by atoms with Crippen molar-refractivity contribution in [2.75, 3.05) is 32.7 Å². The first-order valence-electron chi connectivity index (χ1n) is 5.18. The van der Waals surface area contributed by atoms with Crippen LogP contribution in [0.15, 0.2) is 17.1 Å². The second-order valence-electron chi connectivity index (χ2n) is 3.55. The van der Waals surface area contributed by atoms with E-state index >= 15 is 0 Å². The molecule has 0 aromatic carbocycles. The molecule has 5 heteroatoms. The predicted molar refractivity (Wildman–Crippen MR) is 62.5 cm³/mol. The molecule has 90 valence electrons. The molecule has 2 N–H and O–H groups in total. The van der Waals surface area contributed by atoms with Crippen molar-refractivity contribution in [1.29, 1.82) is 0 Å². The molecule has 0 aliphatic rings. The molecule has 1 rings (SSSR count). The highest BCUT2D eigenvalue weighted by molar-refractivity contribution is 5.42. The van der Waals surface area contributed by atoms with E-state index in [1.54, 1.807) is 17.9 Å². The Morgan fingerprint density at radius 1 is 1.38 bits per heavy atom. The van der Waals surface area contributed by atoms with Crippen molar-refractivity contribution in [3.63, 3.8) is 0 Å². The first kappa shape index (κ1) is 12.7. The molecular formula is C11H18N2O3. The number of nitrogens with two attached hydrogens (primary N) is 1. The maximum atomic E-state index is 11.5. The number of nitrogen functional groups attached to an aromatic ring is 1. The third kappa shape index (κ3) is 3.67. The fraction of sp³-hybridized carbons (Fsp3) is 0.545. The quantitative estimate of drug-likeness (QED) is 0.713. The second kappa shape index (κ2) is 6.30. The van der Waals surface area contributed by atoms with E-state index < -0.39 is 0 Å². The summed E-state index contributed by atoms with van der Waals surface area (Å²) >= 11 is 0. The van der Waals surface area contributed by atoms with Crippen LogP contribution in [0.4, 0.5) is 5.69 Å². The topological polar surface area (TPSA) is 66.5 Å². The van der Waals surface area contributed by atoms with Gasteiger partial charge in [0, 0.05) is 25.9 Å². The SMILES string of the molecule is COCCOCCn1cc(N)c(C)cc1=O. The first-order chi connectivity index (χ1) is 7.65. The summed E-state index contributed by atoms with van der Waals surface area (Å²) in [5.41, 5.74) is 7.10. The standard InChI is InChI=1S/C11H18N2O3/c1-9-7-11(14)13(8-10(9)12)3-4-16-6-5-15-2/h7-8H,3-6,12H2,1-2H3. The molecule has 0 aliphatic heterocycles. The first-order valence-corrected chi connectivity index (χ1v) is 5.18. The second-order valence-corrected chi connectivity index (χ2v) is 3.55. The maximum absolute atomic E-state index is 11.5. The zero-order valence-electron chi connectivity index (χ0n) is 9.73. The van der Waals surface area contributed by atoms with E-state index in [1.165, 1.54) is 6.07 Å². The number of methoxy groups -OCH3 is 1. The summed E-state index contributed by atoms with van der Waals surface area (Å²) in [6.07, 6.45) is 1.65. The molecule has 0 saturated carbocycles. The van der Waals surface area contributed by atoms with Crippen LogP contribution in [-0.2, 0) is 16.0 Å². The van der Waals surface area contributed by atoms with Crippen LogP contribution in [-0.4, -0.2) is 31.5 Å². The molecule has 5 nitrogen and oxygen atoms in total. The molecule has 0 unspecified atom stereocenters. The van der Waals surface area contributed by atoms with Gasteiger partial charge in [-0.05, 0) is 12.5 Å². The van der Waals surface area contributed by atoms with Crippen LogP contribution in [0.25, 0.3) is 0 Å². The van der Waals surface area contributed by atoms with Crippen molar-refractivity contribution in [1.82, 2.24) is 4.57 Å². The lowest BCUT2D eigenvalue weighted by molar-refractivity contribution is 0.0663. The van der Waals surface area contributed by atoms with Gasteiger partial charge in [-0.2, -0.15) is 0 Å². The Morgan fingerprint density at radius 2 is 2.12 bits per heavy atom. The average molecular weight is 226 g/mol. The molecule has 0 fully saturated rings. The third-order valence-corrected chi connectivity index (χ3v) is 2.28. The normalized spacial score (nSPS) is 10.6. The van der Waals surface area contributed by atoms with Crippen LogP contribution in [0.5, 0.6) is 0 Å². The Bertz CT molecular complexity index is 387. The van der Waals surface area contributed by atoms with Gasteiger partial charge in [0.05, 0.1) is 25.5 Å². The number of aryl methyl sites for hydroxylation is 1. The lowest BCUT2D eigenvalue weighted by Gasteiger charge is -2.08. The van der Waals surface area contributed by atoms with Gasteiger partial charge in [-0.25, -0.2) is 0 Å². The number of hydrogen-bond acceptors (Lipinski definition) is 4. The zero-order valence-corrected chi connectivity index (χ0v) is 9.73. The summed E-state index contributed by atoms with van der Waals surface area (Å²) in [6.45, 7) is 3.90. The van der Waals surface area contributed by atoms with Crippen molar-refractivity contribution in [3.05, 3.63) is 28.2 Å². The molecule has 0 amide bonds. The lowest BCUT2D eigenvalue weighted by Crippen LogP contribution is -2.22. The van der Waals surface area contributed by atoms with Crippen LogP contribution < -0.4 is 11.3 Å². The Hall–Kier alpha value is -1.33. The average Bonchev–Trinajstić information content (AvgIpc) is 2.25. The highest BCUT2D eigenvalue weighted by Gasteiger charge is 2.00. The van der Waals surface area contributed by atoms with Crippen molar-refractivity contribution < 1.29 is 9.47 Å². The van der Waals surface area contributed by atoms with E-state index in [1.807, 2.05) is 6.92 Å². The van der Waals surface area contributed by atoms with Crippen LogP contribution >= 0.6 is 0 Å². The number of hydrogen-bond donors (Lipinski definition) is 1. The molecule has 16 heavy (non-hydrogen) atoms. The van der Waals surface area contributed by atoms with E-state index in [-0.39, 0.29) is 5.56 Å². The minimum atomic E-state index is -0.0537. The summed E-state index contributed by atoms with van der Waals surface area (Å²) in [4.78, 5) is 11.5.